The molecule has 1 unspecified atom stereocenters. The zero-order chi connectivity index (χ0) is 24.4. The van der Waals surface area contributed by atoms with Crippen LogP contribution in [-0.4, -0.2) is 50.5 Å². The number of hydrogen-bond donors (Lipinski definition) is 1. The molecule has 0 aliphatic carbocycles. The number of carbonyl (C=O) groups excluding carboxylic acids is 2. The lowest BCUT2D eigenvalue weighted by molar-refractivity contribution is -0.140. The van der Waals surface area contributed by atoms with Gasteiger partial charge in [-0.2, -0.15) is 0 Å². The van der Waals surface area contributed by atoms with Crippen molar-refractivity contribution in [3.8, 4) is 0 Å². The highest BCUT2D eigenvalue weighted by Crippen LogP contribution is 2.21. The molecule has 0 heterocycles. The predicted molar refractivity (Wildman–Crippen MR) is 133 cm³/mol. The number of anilines is 1. The van der Waals surface area contributed by atoms with Crippen LogP contribution in [0.3, 0.4) is 0 Å². The van der Waals surface area contributed by atoms with Crippen LogP contribution >= 0.6 is 11.6 Å². The second kappa shape index (κ2) is 12.6. The molecular weight excluding hydrogens is 462 g/mol. The number of hydrogen-bond acceptors (Lipinski definition) is 4. The number of nitrogens with one attached hydrogen (secondary N) is 1. The average Bonchev–Trinajstić information content (AvgIpc) is 2.78. The summed E-state index contributed by atoms with van der Waals surface area (Å²) in [6.07, 6.45) is 3.23. The summed E-state index contributed by atoms with van der Waals surface area (Å²) in [5, 5.41) is 3.36. The standard InChI is InChI=1S/C24H32ClN3O4S/c1-4-6-16-26-24(30)22(5-2)27(17-19-10-8-7-9-11-19)23(29)18-28(33(3,31)32)21-14-12-20(25)13-15-21/h7-15,22H,4-6,16-18H2,1-3H3,(H,26,30). The largest absolute Gasteiger partial charge is 0.354 e. The molecule has 0 fully saturated rings. The lowest BCUT2D eigenvalue weighted by Crippen LogP contribution is -2.52. The maximum absolute atomic E-state index is 13.5. The van der Waals surface area contributed by atoms with E-state index in [0.29, 0.717) is 23.7 Å². The Labute approximate surface area is 201 Å². The third kappa shape index (κ3) is 8.05. The van der Waals surface area contributed by atoms with Gasteiger partial charge < -0.3 is 10.2 Å². The fourth-order valence-electron chi connectivity index (χ4n) is 3.43. The van der Waals surface area contributed by atoms with E-state index in [1.165, 1.54) is 4.90 Å². The van der Waals surface area contributed by atoms with Crippen molar-refractivity contribution < 1.29 is 18.0 Å². The lowest BCUT2D eigenvalue weighted by Gasteiger charge is -2.33. The Morgan fingerprint density at radius 3 is 2.21 bits per heavy atom. The monoisotopic (exact) mass is 493 g/mol. The first-order valence-corrected chi connectivity index (χ1v) is 13.2. The summed E-state index contributed by atoms with van der Waals surface area (Å²) < 4.78 is 26.1. The summed E-state index contributed by atoms with van der Waals surface area (Å²) in [5.74, 6) is -0.704. The quantitative estimate of drug-likeness (QED) is 0.455. The molecule has 1 atom stereocenters. The van der Waals surface area contributed by atoms with Crippen molar-refractivity contribution in [3.63, 3.8) is 0 Å². The van der Waals surface area contributed by atoms with Gasteiger partial charge >= 0.3 is 0 Å². The van der Waals surface area contributed by atoms with Gasteiger partial charge in [0.15, 0.2) is 0 Å². The molecule has 0 saturated carbocycles. The van der Waals surface area contributed by atoms with Gasteiger partial charge in [0, 0.05) is 18.1 Å². The first-order valence-electron chi connectivity index (χ1n) is 11.0. The predicted octanol–water partition coefficient (Wildman–Crippen LogP) is 3.83. The van der Waals surface area contributed by atoms with E-state index in [1.54, 1.807) is 24.3 Å². The lowest BCUT2D eigenvalue weighted by atomic mass is 10.1. The molecule has 7 nitrogen and oxygen atoms in total. The Balaban J connectivity index is 2.35. The summed E-state index contributed by atoms with van der Waals surface area (Å²) in [6.45, 7) is 4.16. The second-order valence-corrected chi connectivity index (χ2v) is 10.2. The van der Waals surface area contributed by atoms with Crippen LogP contribution in [0, 0.1) is 0 Å². The Bertz CT molecular complexity index is 1010. The number of halogens is 1. The van der Waals surface area contributed by atoms with Crippen LogP contribution in [0.2, 0.25) is 5.02 Å². The molecule has 180 valence electrons. The van der Waals surface area contributed by atoms with Crippen molar-refractivity contribution in [1.82, 2.24) is 10.2 Å². The number of unbranched alkanes of at least 4 members (excludes halogenated alkanes) is 1. The van der Waals surface area contributed by atoms with E-state index >= 15 is 0 Å². The highest BCUT2D eigenvalue weighted by molar-refractivity contribution is 7.92. The van der Waals surface area contributed by atoms with Crippen LogP contribution in [0.4, 0.5) is 5.69 Å². The van der Waals surface area contributed by atoms with Crippen molar-refractivity contribution in [2.24, 2.45) is 0 Å². The van der Waals surface area contributed by atoms with Gasteiger partial charge in [-0.05, 0) is 42.7 Å². The van der Waals surface area contributed by atoms with Crippen molar-refractivity contribution in [1.29, 1.82) is 0 Å². The number of carbonyl (C=O) groups is 2. The summed E-state index contributed by atoms with van der Waals surface area (Å²) in [4.78, 5) is 27.9. The van der Waals surface area contributed by atoms with E-state index < -0.39 is 28.5 Å². The van der Waals surface area contributed by atoms with Gasteiger partial charge in [0.2, 0.25) is 21.8 Å². The zero-order valence-corrected chi connectivity index (χ0v) is 20.9. The summed E-state index contributed by atoms with van der Waals surface area (Å²) >= 11 is 5.94. The van der Waals surface area contributed by atoms with Crippen LogP contribution in [0.15, 0.2) is 54.6 Å². The van der Waals surface area contributed by atoms with E-state index in [0.717, 1.165) is 29.0 Å². The molecule has 0 aliphatic rings. The summed E-state index contributed by atoms with van der Waals surface area (Å²) in [5.41, 5.74) is 1.18. The van der Waals surface area contributed by atoms with Crippen LogP contribution in [-0.2, 0) is 26.2 Å². The second-order valence-electron chi connectivity index (χ2n) is 7.82. The molecule has 0 radical (unpaired) electrons. The maximum Gasteiger partial charge on any atom is 0.244 e. The SMILES string of the molecule is CCCCNC(=O)C(CC)N(Cc1ccccc1)C(=O)CN(c1ccc(Cl)cc1)S(C)(=O)=O. The van der Waals surface area contributed by atoms with E-state index in [1.807, 2.05) is 44.2 Å². The molecule has 0 bridgehead atoms. The van der Waals surface area contributed by atoms with E-state index in [2.05, 4.69) is 5.32 Å². The summed E-state index contributed by atoms with van der Waals surface area (Å²) in [6, 6.07) is 14.8. The minimum Gasteiger partial charge on any atom is -0.354 e. The van der Waals surface area contributed by atoms with Gasteiger partial charge in [-0.15, -0.1) is 0 Å². The van der Waals surface area contributed by atoms with Gasteiger partial charge in [-0.25, -0.2) is 8.42 Å². The summed E-state index contributed by atoms with van der Waals surface area (Å²) in [7, 11) is -3.76. The number of amides is 2. The van der Waals surface area contributed by atoms with E-state index in [9.17, 15) is 18.0 Å². The fourth-order valence-corrected chi connectivity index (χ4v) is 4.40. The molecule has 0 aromatic heterocycles. The van der Waals surface area contributed by atoms with Gasteiger partial charge in [-0.3, -0.25) is 13.9 Å². The molecule has 0 aliphatic heterocycles. The zero-order valence-electron chi connectivity index (χ0n) is 19.3. The third-order valence-electron chi connectivity index (χ3n) is 5.21. The Kier molecular flexibility index (Phi) is 10.2. The molecule has 33 heavy (non-hydrogen) atoms. The van der Waals surface area contributed by atoms with Gasteiger partial charge in [0.1, 0.15) is 12.6 Å². The van der Waals surface area contributed by atoms with E-state index in [-0.39, 0.29) is 12.5 Å². The average molecular weight is 494 g/mol. The molecular formula is C24H32ClN3O4S. The first kappa shape index (κ1) is 26.7. The molecule has 2 rings (SSSR count). The van der Waals surface area contributed by atoms with E-state index in [4.69, 9.17) is 11.6 Å². The number of nitrogens with zero attached hydrogens (tertiary/aromatic N) is 2. The number of benzene rings is 2. The molecule has 2 aromatic carbocycles. The first-order chi connectivity index (χ1) is 15.7. The van der Waals surface area contributed by atoms with Crippen LogP contribution in [0.5, 0.6) is 0 Å². The topological polar surface area (TPSA) is 86.8 Å². The van der Waals surface area contributed by atoms with Crippen LogP contribution in [0.25, 0.3) is 0 Å². The minimum atomic E-state index is -3.76. The van der Waals surface area contributed by atoms with Crippen molar-refractivity contribution in [2.45, 2.75) is 45.7 Å². The van der Waals surface area contributed by atoms with Crippen molar-refractivity contribution >= 4 is 39.1 Å². The fraction of sp³-hybridized carbons (Fsp3) is 0.417. The minimum absolute atomic E-state index is 0.192. The van der Waals surface area contributed by atoms with Gasteiger partial charge in [-0.1, -0.05) is 62.2 Å². The highest BCUT2D eigenvalue weighted by Gasteiger charge is 2.31. The smallest absolute Gasteiger partial charge is 0.244 e. The molecule has 2 amide bonds. The van der Waals surface area contributed by atoms with Crippen LogP contribution < -0.4 is 9.62 Å². The van der Waals surface area contributed by atoms with Gasteiger partial charge in [0.05, 0.1) is 11.9 Å². The number of sulfonamides is 1. The normalized spacial score (nSPS) is 12.1. The maximum atomic E-state index is 13.5. The van der Waals surface area contributed by atoms with Crippen molar-refractivity contribution in [3.05, 3.63) is 65.2 Å². The highest BCUT2D eigenvalue weighted by atomic mass is 35.5. The molecule has 2 aromatic rings. The third-order valence-corrected chi connectivity index (χ3v) is 6.60. The Hall–Kier alpha value is -2.58. The van der Waals surface area contributed by atoms with Gasteiger partial charge in [0.25, 0.3) is 0 Å². The molecule has 1 N–H and O–H groups in total. The molecule has 0 spiro atoms. The number of rotatable bonds is 12. The Morgan fingerprint density at radius 2 is 1.67 bits per heavy atom. The molecule has 9 heteroatoms. The van der Waals surface area contributed by atoms with Crippen molar-refractivity contribution in [2.75, 3.05) is 23.7 Å². The van der Waals surface area contributed by atoms with Crippen LogP contribution in [0.1, 0.15) is 38.7 Å². The molecule has 0 saturated heterocycles. The Morgan fingerprint density at radius 1 is 1.03 bits per heavy atom.